The Hall–Kier alpha value is -2.23. The maximum atomic E-state index is 11.3. The van der Waals surface area contributed by atoms with E-state index in [1.807, 2.05) is 24.3 Å². The highest BCUT2D eigenvalue weighted by molar-refractivity contribution is 5.50. The van der Waals surface area contributed by atoms with E-state index in [-0.39, 0.29) is 0 Å². The fraction of sp³-hybridized carbons (Fsp3) is 0.0833. The molecule has 0 spiro atoms. The molecule has 1 N–H and O–H groups in total. The van der Waals surface area contributed by atoms with Crippen molar-refractivity contribution in [3.63, 3.8) is 0 Å². The van der Waals surface area contributed by atoms with Crippen molar-refractivity contribution >= 4 is 12.7 Å². The maximum Gasteiger partial charge on any atom is 0.365 e. The molecule has 0 amide bonds. The lowest BCUT2D eigenvalue weighted by atomic mass is 10.2. The Labute approximate surface area is 91.4 Å². The summed E-state index contributed by atoms with van der Waals surface area (Å²) in [4.78, 5) is 11.3. The number of nitrogens with one attached hydrogen (secondary N) is 1. The number of rotatable bonds is 2. The predicted molar refractivity (Wildman–Crippen MR) is 60.7 cm³/mol. The van der Waals surface area contributed by atoms with Crippen molar-refractivity contribution < 1.29 is 9.26 Å². The Bertz CT molecular complexity index is 604. The molecule has 0 fully saturated rings. The summed E-state index contributed by atoms with van der Waals surface area (Å²) in [6, 6.07) is 7.35. The predicted octanol–water partition coefficient (Wildman–Crippen LogP) is 0.216. The monoisotopic (exact) mass is 217 g/mol. The molecule has 0 bridgehead atoms. The Kier molecular flexibility index (Phi) is 2.64. The van der Waals surface area contributed by atoms with Crippen LogP contribution in [0.1, 0.15) is 5.56 Å². The van der Waals surface area contributed by atoms with Gasteiger partial charge in [0.15, 0.2) is 0 Å². The zero-order valence-corrected chi connectivity index (χ0v) is 8.82. The van der Waals surface area contributed by atoms with E-state index in [1.54, 1.807) is 13.2 Å². The van der Waals surface area contributed by atoms with Crippen molar-refractivity contribution in [3.05, 3.63) is 50.8 Å². The number of hydrogen-bond donors (Lipinski definition) is 1. The molecule has 16 heavy (non-hydrogen) atoms. The number of benzene rings is 1. The normalized spacial score (nSPS) is 11.7. The van der Waals surface area contributed by atoms with Gasteiger partial charge in [0.05, 0.1) is 17.7 Å². The number of ether oxygens (including phenoxy) is 1. The molecule has 2 rings (SSSR count). The standard InChI is InChI=1S/C12H11NO3/c1-8-11(12(14)16-13-8)7-9-3-5-10(15-2)6-4-9/h3-7,13H,1H2,2H3/b11-7+. The topological polar surface area (TPSA) is 55.2 Å². The molecule has 2 aromatic rings. The highest BCUT2D eigenvalue weighted by Gasteiger charge is 1.96. The molecule has 4 nitrogen and oxygen atoms in total. The average Bonchev–Trinajstić information content (AvgIpc) is 2.62. The van der Waals surface area contributed by atoms with Gasteiger partial charge in [0.1, 0.15) is 5.75 Å². The Balaban J connectivity index is 2.51. The molecule has 0 saturated heterocycles. The number of hydrogen-bond acceptors (Lipinski definition) is 3. The third-order valence-corrected chi connectivity index (χ3v) is 2.24. The van der Waals surface area contributed by atoms with Crippen LogP contribution in [0.25, 0.3) is 12.7 Å². The zero-order chi connectivity index (χ0) is 11.5. The van der Waals surface area contributed by atoms with Gasteiger partial charge in [-0.3, -0.25) is 0 Å². The molecule has 4 heteroatoms. The first kappa shape index (κ1) is 10.3. The van der Waals surface area contributed by atoms with E-state index in [9.17, 15) is 4.79 Å². The van der Waals surface area contributed by atoms with E-state index >= 15 is 0 Å². The lowest BCUT2D eigenvalue weighted by Crippen LogP contribution is -2.31. The van der Waals surface area contributed by atoms with Crippen LogP contribution in [0.2, 0.25) is 0 Å². The molecule has 0 atom stereocenters. The molecule has 0 aliphatic heterocycles. The van der Waals surface area contributed by atoms with Gasteiger partial charge in [-0.15, -0.1) is 0 Å². The summed E-state index contributed by atoms with van der Waals surface area (Å²) in [6.45, 7) is 3.67. The smallest absolute Gasteiger partial charge is 0.365 e. The van der Waals surface area contributed by atoms with Crippen LogP contribution in [0.5, 0.6) is 5.75 Å². The molecule has 0 aliphatic carbocycles. The molecule has 1 heterocycles. The lowest BCUT2D eigenvalue weighted by Gasteiger charge is -1.98. The number of H-pyrrole nitrogens is 1. The summed E-state index contributed by atoms with van der Waals surface area (Å²) in [5, 5.41) is 3.33. The van der Waals surface area contributed by atoms with Crippen LogP contribution in [0.4, 0.5) is 0 Å². The van der Waals surface area contributed by atoms with Crippen molar-refractivity contribution in [2.45, 2.75) is 0 Å². The quantitative estimate of drug-likeness (QED) is 0.782. The van der Waals surface area contributed by atoms with Crippen LogP contribution in [-0.2, 0) is 0 Å². The number of aromatic amines is 1. The number of methoxy groups -OCH3 is 1. The molecular weight excluding hydrogens is 206 g/mol. The fourth-order valence-electron chi connectivity index (χ4n) is 1.35. The van der Waals surface area contributed by atoms with Gasteiger partial charge in [0.2, 0.25) is 0 Å². The van der Waals surface area contributed by atoms with E-state index in [2.05, 4.69) is 16.3 Å². The Morgan fingerprint density at radius 1 is 1.38 bits per heavy atom. The van der Waals surface area contributed by atoms with Crippen LogP contribution in [-0.4, -0.2) is 12.3 Å². The van der Waals surface area contributed by atoms with Gasteiger partial charge in [-0.25, -0.2) is 9.95 Å². The third-order valence-electron chi connectivity index (χ3n) is 2.24. The Morgan fingerprint density at radius 3 is 2.56 bits per heavy atom. The molecular formula is C12H11NO3. The molecule has 0 radical (unpaired) electrons. The highest BCUT2D eigenvalue weighted by atomic mass is 16.5. The van der Waals surface area contributed by atoms with Crippen LogP contribution < -0.4 is 20.9 Å². The van der Waals surface area contributed by atoms with E-state index in [1.165, 1.54) is 0 Å². The first-order valence-electron chi connectivity index (χ1n) is 4.73. The van der Waals surface area contributed by atoms with Crippen LogP contribution in [0.15, 0.2) is 33.6 Å². The summed E-state index contributed by atoms with van der Waals surface area (Å²) >= 11 is 0. The zero-order valence-electron chi connectivity index (χ0n) is 8.82. The molecule has 0 saturated carbocycles. The van der Waals surface area contributed by atoms with Gasteiger partial charge in [0.25, 0.3) is 0 Å². The van der Waals surface area contributed by atoms with E-state index in [0.29, 0.717) is 10.6 Å². The molecule has 82 valence electrons. The van der Waals surface area contributed by atoms with Crippen molar-refractivity contribution in [1.82, 2.24) is 5.16 Å². The van der Waals surface area contributed by atoms with Gasteiger partial charge in [-0.05, 0) is 23.8 Å². The third kappa shape index (κ3) is 1.91. The second-order valence-electron chi connectivity index (χ2n) is 3.30. The van der Waals surface area contributed by atoms with E-state index in [0.717, 1.165) is 11.3 Å². The maximum absolute atomic E-state index is 11.3. The fourth-order valence-corrected chi connectivity index (χ4v) is 1.35. The van der Waals surface area contributed by atoms with E-state index < -0.39 is 5.63 Å². The van der Waals surface area contributed by atoms with Crippen molar-refractivity contribution in [3.8, 4) is 5.75 Å². The van der Waals surface area contributed by atoms with Crippen LogP contribution in [0, 0.1) is 0 Å². The minimum absolute atomic E-state index is 0.416. The minimum Gasteiger partial charge on any atom is -0.497 e. The van der Waals surface area contributed by atoms with Crippen LogP contribution in [0.3, 0.4) is 0 Å². The van der Waals surface area contributed by atoms with Crippen molar-refractivity contribution in [1.29, 1.82) is 0 Å². The summed E-state index contributed by atoms with van der Waals surface area (Å²) in [5.41, 5.74) is 0.471. The van der Waals surface area contributed by atoms with Crippen molar-refractivity contribution in [2.75, 3.05) is 7.11 Å². The average molecular weight is 217 g/mol. The minimum atomic E-state index is -0.416. The molecule has 1 aromatic carbocycles. The first-order valence-corrected chi connectivity index (χ1v) is 4.73. The van der Waals surface area contributed by atoms with Gasteiger partial charge in [-0.1, -0.05) is 18.7 Å². The summed E-state index contributed by atoms with van der Waals surface area (Å²) in [5.74, 6) is 0.771. The van der Waals surface area contributed by atoms with E-state index in [4.69, 9.17) is 4.74 Å². The lowest BCUT2D eigenvalue weighted by molar-refractivity contribution is 0.386. The van der Waals surface area contributed by atoms with Crippen LogP contribution >= 0.6 is 0 Å². The SMILES string of the molecule is C=c1[nH]oc(=O)/c1=C/c1ccc(OC)cc1. The largest absolute Gasteiger partial charge is 0.497 e. The molecule has 1 aromatic heterocycles. The van der Waals surface area contributed by atoms with Gasteiger partial charge < -0.3 is 9.26 Å². The molecule has 0 unspecified atom stereocenters. The second kappa shape index (κ2) is 4.10. The summed E-state index contributed by atoms with van der Waals surface area (Å²) in [7, 11) is 1.60. The Morgan fingerprint density at radius 2 is 2.06 bits per heavy atom. The summed E-state index contributed by atoms with van der Waals surface area (Å²) in [6.07, 6.45) is 1.71. The second-order valence-corrected chi connectivity index (χ2v) is 3.30. The molecule has 0 aliphatic rings. The highest BCUT2D eigenvalue weighted by Crippen LogP contribution is 2.11. The number of aromatic nitrogens is 1. The van der Waals surface area contributed by atoms with Gasteiger partial charge in [0, 0.05) is 0 Å². The van der Waals surface area contributed by atoms with Crippen molar-refractivity contribution in [2.24, 2.45) is 0 Å². The first-order chi connectivity index (χ1) is 7.70. The van der Waals surface area contributed by atoms with Gasteiger partial charge in [-0.2, -0.15) is 0 Å². The summed E-state index contributed by atoms with van der Waals surface area (Å²) < 4.78 is 9.65. The van der Waals surface area contributed by atoms with Gasteiger partial charge >= 0.3 is 5.63 Å².